The van der Waals surface area contributed by atoms with Crippen molar-refractivity contribution in [1.29, 1.82) is 0 Å². The Kier molecular flexibility index (Phi) is 4.52. The zero-order chi connectivity index (χ0) is 25.1. The van der Waals surface area contributed by atoms with Crippen LogP contribution >= 0.6 is 0 Å². The topological polar surface area (TPSA) is 22.8 Å². The predicted molar refractivity (Wildman–Crippen MR) is 158 cm³/mol. The minimum absolute atomic E-state index is 1.12. The Bertz CT molecular complexity index is 1960. The lowest BCUT2D eigenvalue weighted by Gasteiger charge is -2.14. The van der Waals surface area contributed by atoms with E-state index >= 15 is 0 Å². The minimum Gasteiger partial charge on any atom is -0.309 e. The van der Waals surface area contributed by atoms with E-state index in [2.05, 4.69) is 137 Å². The molecule has 3 heteroatoms. The van der Waals surface area contributed by atoms with Crippen molar-refractivity contribution in [3.05, 3.63) is 140 Å². The first-order valence-electron chi connectivity index (χ1n) is 12.9. The highest BCUT2D eigenvalue weighted by atomic mass is 15.0. The molecule has 3 nitrogen and oxygen atoms in total. The van der Waals surface area contributed by atoms with Gasteiger partial charge in [0.2, 0.25) is 0 Å². The molecule has 0 bridgehead atoms. The van der Waals surface area contributed by atoms with E-state index in [1.807, 2.05) is 12.4 Å². The molecule has 0 saturated heterocycles. The van der Waals surface area contributed by atoms with Gasteiger partial charge in [-0.2, -0.15) is 0 Å². The molecule has 8 rings (SSSR count). The van der Waals surface area contributed by atoms with E-state index in [0.717, 1.165) is 22.3 Å². The zero-order valence-electron chi connectivity index (χ0n) is 20.6. The fourth-order valence-electron chi connectivity index (χ4n) is 6.03. The van der Waals surface area contributed by atoms with E-state index in [4.69, 9.17) is 4.98 Å². The van der Waals surface area contributed by atoms with Gasteiger partial charge < -0.3 is 9.13 Å². The number of nitrogens with zero attached hydrogens (tertiary/aromatic N) is 3. The standard InChI is InChI=1S/C35H23N3/c1-3-12-24(13-4-1)37-32-20-9-7-16-26(32)28-18-11-19-29(34(28)37)31-23-36-22-30-27-17-8-10-21-33(27)38(35(30)31)25-14-5-2-6-15-25/h1-23H. The molecule has 8 aromatic rings. The summed E-state index contributed by atoms with van der Waals surface area (Å²) < 4.78 is 4.78. The van der Waals surface area contributed by atoms with Crippen LogP contribution in [0.5, 0.6) is 0 Å². The molecule has 0 saturated carbocycles. The van der Waals surface area contributed by atoms with Gasteiger partial charge in [-0.3, -0.25) is 4.98 Å². The summed E-state index contributed by atoms with van der Waals surface area (Å²) >= 11 is 0. The van der Waals surface area contributed by atoms with Crippen LogP contribution in [0.3, 0.4) is 0 Å². The summed E-state index contributed by atoms with van der Waals surface area (Å²) in [6.45, 7) is 0. The zero-order valence-corrected chi connectivity index (χ0v) is 20.6. The third kappa shape index (κ3) is 2.93. The summed E-state index contributed by atoms with van der Waals surface area (Å²) in [5.41, 5.74) is 9.32. The van der Waals surface area contributed by atoms with Crippen LogP contribution in [0.15, 0.2) is 140 Å². The largest absolute Gasteiger partial charge is 0.309 e. The molecule has 0 fully saturated rings. The number of rotatable bonds is 3. The monoisotopic (exact) mass is 485 g/mol. The quantitative estimate of drug-likeness (QED) is 0.245. The van der Waals surface area contributed by atoms with Crippen molar-refractivity contribution in [3.63, 3.8) is 0 Å². The van der Waals surface area contributed by atoms with E-state index in [1.165, 1.54) is 43.8 Å². The van der Waals surface area contributed by atoms with Crippen LogP contribution in [0.4, 0.5) is 0 Å². The van der Waals surface area contributed by atoms with Crippen LogP contribution in [-0.2, 0) is 0 Å². The molecule has 38 heavy (non-hydrogen) atoms. The van der Waals surface area contributed by atoms with Gasteiger partial charge in [0.25, 0.3) is 0 Å². The number of aromatic nitrogens is 3. The predicted octanol–water partition coefficient (Wildman–Crippen LogP) is 8.94. The molecule has 0 aliphatic rings. The van der Waals surface area contributed by atoms with Crippen molar-refractivity contribution in [1.82, 2.24) is 14.1 Å². The molecule has 5 aromatic carbocycles. The van der Waals surface area contributed by atoms with Crippen LogP contribution in [0.2, 0.25) is 0 Å². The first kappa shape index (κ1) is 21.0. The third-order valence-corrected chi connectivity index (χ3v) is 7.59. The number of hydrogen-bond acceptors (Lipinski definition) is 1. The molecule has 0 aliphatic carbocycles. The summed E-state index contributed by atoms with van der Waals surface area (Å²) in [6, 6.07) is 45.2. The van der Waals surface area contributed by atoms with E-state index in [-0.39, 0.29) is 0 Å². The van der Waals surface area contributed by atoms with Gasteiger partial charge in [-0.25, -0.2) is 0 Å². The SMILES string of the molecule is c1ccc(-n2c3ccccc3c3cccc(-c4cncc5c6ccccc6n(-c6ccccc6)c45)c32)cc1. The van der Waals surface area contributed by atoms with Gasteiger partial charge in [0.1, 0.15) is 0 Å². The molecular weight excluding hydrogens is 462 g/mol. The van der Waals surface area contributed by atoms with E-state index in [1.54, 1.807) is 0 Å². The summed E-state index contributed by atoms with van der Waals surface area (Å²) in [7, 11) is 0. The van der Waals surface area contributed by atoms with Crippen molar-refractivity contribution < 1.29 is 0 Å². The van der Waals surface area contributed by atoms with Gasteiger partial charge in [0.05, 0.1) is 22.1 Å². The van der Waals surface area contributed by atoms with Crippen molar-refractivity contribution in [3.8, 4) is 22.5 Å². The fraction of sp³-hybridized carbons (Fsp3) is 0. The Morgan fingerprint density at radius 1 is 0.368 bits per heavy atom. The van der Waals surface area contributed by atoms with Crippen LogP contribution in [0.1, 0.15) is 0 Å². The molecule has 178 valence electrons. The van der Waals surface area contributed by atoms with Crippen LogP contribution < -0.4 is 0 Å². The molecule has 0 N–H and O–H groups in total. The third-order valence-electron chi connectivity index (χ3n) is 7.59. The Morgan fingerprint density at radius 2 is 0.868 bits per heavy atom. The van der Waals surface area contributed by atoms with Gasteiger partial charge in [0, 0.05) is 56.4 Å². The van der Waals surface area contributed by atoms with Crippen LogP contribution in [0, 0.1) is 0 Å². The number of benzene rings is 5. The van der Waals surface area contributed by atoms with Gasteiger partial charge in [-0.15, -0.1) is 0 Å². The molecule has 0 aliphatic heterocycles. The summed E-state index contributed by atoms with van der Waals surface area (Å²) in [5, 5.41) is 4.84. The van der Waals surface area contributed by atoms with Gasteiger partial charge in [0.15, 0.2) is 0 Å². The molecule has 0 atom stereocenters. The summed E-state index contributed by atoms with van der Waals surface area (Å²) in [6.07, 6.45) is 4.04. The van der Waals surface area contributed by atoms with Gasteiger partial charge in [-0.1, -0.05) is 91.0 Å². The van der Waals surface area contributed by atoms with Crippen molar-refractivity contribution in [2.45, 2.75) is 0 Å². The van der Waals surface area contributed by atoms with Crippen molar-refractivity contribution >= 4 is 43.6 Å². The molecular formula is C35H23N3. The lowest BCUT2D eigenvalue weighted by molar-refractivity contribution is 1.17. The normalized spacial score (nSPS) is 11.7. The molecule has 0 spiro atoms. The maximum absolute atomic E-state index is 4.79. The highest BCUT2D eigenvalue weighted by molar-refractivity contribution is 6.18. The molecule has 0 unspecified atom stereocenters. The smallest absolute Gasteiger partial charge is 0.0651 e. The van der Waals surface area contributed by atoms with Gasteiger partial charge in [-0.05, 0) is 36.4 Å². The Hall–Kier alpha value is -5.15. The Balaban J connectivity index is 1.57. The maximum atomic E-state index is 4.79. The molecule has 3 aromatic heterocycles. The van der Waals surface area contributed by atoms with Gasteiger partial charge >= 0.3 is 0 Å². The van der Waals surface area contributed by atoms with Crippen molar-refractivity contribution in [2.24, 2.45) is 0 Å². The lowest BCUT2D eigenvalue weighted by atomic mass is 10.0. The highest BCUT2D eigenvalue weighted by Gasteiger charge is 2.21. The first-order chi connectivity index (χ1) is 18.9. The van der Waals surface area contributed by atoms with E-state index in [9.17, 15) is 0 Å². The second-order valence-corrected chi connectivity index (χ2v) is 9.66. The van der Waals surface area contributed by atoms with Crippen molar-refractivity contribution in [2.75, 3.05) is 0 Å². The highest BCUT2D eigenvalue weighted by Crippen LogP contribution is 2.42. The average molecular weight is 486 g/mol. The molecule has 3 heterocycles. The second-order valence-electron chi connectivity index (χ2n) is 9.66. The average Bonchev–Trinajstić information content (AvgIpc) is 3.51. The number of fused-ring (bicyclic) bond motifs is 6. The Morgan fingerprint density at radius 3 is 1.50 bits per heavy atom. The first-order valence-corrected chi connectivity index (χ1v) is 12.9. The lowest BCUT2D eigenvalue weighted by Crippen LogP contribution is -1.98. The molecule has 0 radical (unpaired) electrons. The minimum atomic E-state index is 1.12. The second kappa shape index (κ2) is 8.19. The Labute approximate surface area is 219 Å². The number of pyridine rings is 1. The van der Waals surface area contributed by atoms with Crippen LogP contribution in [0.25, 0.3) is 66.1 Å². The molecule has 0 amide bonds. The summed E-state index contributed by atoms with van der Waals surface area (Å²) in [4.78, 5) is 4.79. The number of hydrogen-bond donors (Lipinski definition) is 0. The number of para-hydroxylation sites is 5. The summed E-state index contributed by atoms with van der Waals surface area (Å²) in [5.74, 6) is 0. The fourth-order valence-corrected chi connectivity index (χ4v) is 6.03. The van der Waals surface area contributed by atoms with E-state index in [0.29, 0.717) is 0 Å². The van der Waals surface area contributed by atoms with Crippen LogP contribution in [-0.4, -0.2) is 14.1 Å². The van der Waals surface area contributed by atoms with E-state index < -0.39 is 0 Å². The maximum Gasteiger partial charge on any atom is 0.0651 e.